The highest BCUT2D eigenvalue weighted by molar-refractivity contribution is 5.52. The van der Waals surface area contributed by atoms with Crippen molar-refractivity contribution in [1.82, 2.24) is 4.90 Å². The van der Waals surface area contributed by atoms with E-state index in [0.29, 0.717) is 13.2 Å². The number of morpholine rings is 1. The summed E-state index contributed by atoms with van der Waals surface area (Å²) in [5.41, 5.74) is 1.45. The Hall–Kier alpha value is -2.88. The molecule has 6 nitrogen and oxygen atoms in total. The van der Waals surface area contributed by atoms with E-state index in [2.05, 4.69) is 16.7 Å². The number of non-ortho nitro benzene ring substituents is 1. The van der Waals surface area contributed by atoms with Gasteiger partial charge in [0.1, 0.15) is 5.75 Å². The van der Waals surface area contributed by atoms with Crippen molar-refractivity contribution in [3.63, 3.8) is 0 Å². The van der Waals surface area contributed by atoms with Gasteiger partial charge >= 0.3 is 0 Å². The molecule has 1 saturated heterocycles. The maximum atomic E-state index is 11.5. The zero-order chi connectivity index (χ0) is 21.3. The van der Waals surface area contributed by atoms with Crippen LogP contribution in [0.5, 0.6) is 5.75 Å². The molecule has 1 aliphatic carbocycles. The van der Waals surface area contributed by atoms with Gasteiger partial charge in [-0.15, -0.1) is 0 Å². The van der Waals surface area contributed by atoms with Crippen LogP contribution in [0, 0.1) is 27.9 Å². The summed E-state index contributed by atoms with van der Waals surface area (Å²) in [7, 11) is 0. The standard InChI is InChI=1S/C25H26N2O4/c28-27(29)20-10-12-24-22(18-20)21(11-9-19-6-2-1-3-7-19)23-8-4-5-13-25(23,31-24)26-14-16-30-17-15-26/h1-3,6-7,10,12,18,21,23H,4-5,8,13-17H2/t21-,23-,25-/m1/s1. The Morgan fingerprint density at radius 3 is 2.68 bits per heavy atom. The Morgan fingerprint density at radius 1 is 1.10 bits per heavy atom. The summed E-state index contributed by atoms with van der Waals surface area (Å²) in [6.07, 6.45) is 4.16. The van der Waals surface area contributed by atoms with E-state index in [1.54, 1.807) is 12.1 Å². The molecule has 0 unspecified atom stereocenters. The minimum Gasteiger partial charge on any atom is -0.472 e. The second-order valence-corrected chi connectivity index (χ2v) is 8.49. The largest absolute Gasteiger partial charge is 0.472 e. The van der Waals surface area contributed by atoms with Crippen molar-refractivity contribution in [2.75, 3.05) is 26.3 Å². The number of fused-ring (bicyclic) bond motifs is 2. The number of benzene rings is 2. The van der Waals surface area contributed by atoms with Gasteiger partial charge in [-0.2, -0.15) is 0 Å². The summed E-state index contributed by atoms with van der Waals surface area (Å²) in [5, 5.41) is 11.5. The van der Waals surface area contributed by atoms with Crippen LogP contribution in [0.3, 0.4) is 0 Å². The van der Waals surface area contributed by atoms with E-state index >= 15 is 0 Å². The molecule has 0 aromatic heterocycles. The topological polar surface area (TPSA) is 64.8 Å². The highest BCUT2D eigenvalue weighted by Crippen LogP contribution is 2.53. The molecule has 2 heterocycles. The fourth-order valence-electron chi connectivity index (χ4n) is 5.36. The summed E-state index contributed by atoms with van der Waals surface area (Å²) in [6.45, 7) is 3.06. The van der Waals surface area contributed by atoms with Gasteiger partial charge in [-0.25, -0.2) is 0 Å². The molecule has 2 aliphatic heterocycles. The molecule has 5 rings (SSSR count). The third-order valence-electron chi connectivity index (χ3n) is 6.80. The predicted molar refractivity (Wildman–Crippen MR) is 117 cm³/mol. The highest BCUT2D eigenvalue weighted by atomic mass is 16.6. The quantitative estimate of drug-likeness (QED) is 0.412. The van der Waals surface area contributed by atoms with E-state index in [0.717, 1.165) is 55.6 Å². The van der Waals surface area contributed by atoms with Gasteiger partial charge in [0.05, 0.1) is 24.1 Å². The molecule has 3 atom stereocenters. The second-order valence-electron chi connectivity index (χ2n) is 8.49. The SMILES string of the molecule is O=[N+]([O-])c1ccc2c(c1)[C@@H](C#Cc1ccccc1)[C@H]1CCCC[C@@]1(N1CCOCC1)O2. The lowest BCUT2D eigenvalue weighted by molar-refractivity contribution is -0.385. The van der Waals surface area contributed by atoms with E-state index in [9.17, 15) is 10.1 Å². The minimum absolute atomic E-state index is 0.0866. The lowest BCUT2D eigenvalue weighted by atomic mass is 9.68. The van der Waals surface area contributed by atoms with E-state index in [-0.39, 0.29) is 22.4 Å². The van der Waals surface area contributed by atoms with Crippen molar-refractivity contribution in [1.29, 1.82) is 0 Å². The lowest BCUT2D eigenvalue weighted by Gasteiger charge is -2.55. The van der Waals surface area contributed by atoms with Crippen LogP contribution in [0.4, 0.5) is 5.69 Å². The Morgan fingerprint density at radius 2 is 1.90 bits per heavy atom. The number of nitro benzene ring substituents is 1. The first-order valence-corrected chi connectivity index (χ1v) is 11.0. The van der Waals surface area contributed by atoms with E-state index in [4.69, 9.17) is 9.47 Å². The third-order valence-corrected chi connectivity index (χ3v) is 6.80. The van der Waals surface area contributed by atoms with Gasteiger partial charge in [-0.05, 0) is 31.0 Å². The van der Waals surface area contributed by atoms with Crippen molar-refractivity contribution >= 4 is 5.69 Å². The van der Waals surface area contributed by atoms with Crippen LogP contribution in [0.25, 0.3) is 0 Å². The Kier molecular flexibility index (Phi) is 5.39. The van der Waals surface area contributed by atoms with Crippen molar-refractivity contribution in [2.24, 2.45) is 5.92 Å². The van der Waals surface area contributed by atoms with Crippen molar-refractivity contribution in [3.8, 4) is 17.6 Å². The lowest BCUT2D eigenvalue weighted by Crippen LogP contribution is -2.64. The molecule has 160 valence electrons. The number of ether oxygens (including phenoxy) is 2. The molecule has 2 fully saturated rings. The van der Waals surface area contributed by atoms with Gasteiger partial charge in [-0.3, -0.25) is 15.0 Å². The predicted octanol–water partition coefficient (Wildman–Crippen LogP) is 4.34. The van der Waals surface area contributed by atoms with Gasteiger partial charge in [-0.1, -0.05) is 36.5 Å². The van der Waals surface area contributed by atoms with Crippen LogP contribution in [0.1, 0.15) is 42.7 Å². The zero-order valence-electron chi connectivity index (χ0n) is 17.5. The van der Waals surface area contributed by atoms with Gasteiger partial charge in [0.2, 0.25) is 0 Å². The molecular formula is C25H26N2O4. The Labute approximate surface area is 182 Å². The van der Waals surface area contributed by atoms with Crippen molar-refractivity contribution < 1.29 is 14.4 Å². The average Bonchev–Trinajstić information content (AvgIpc) is 2.82. The van der Waals surface area contributed by atoms with Crippen LogP contribution in [0.2, 0.25) is 0 Å². The maximum absolute atomic E-state index is 11.5. The summed E-state index contributed by atoms with van der Waals surface area (Å²) < 4.78 is 12.4. The molecule has 0 radical (unpaired) electrons. The molecule has 3 aliphatic rings. The second kappa shape index (κ2) is 8.33. The first kappa shape index (κ1) is 20.0. The first-order valence-electron chi connectivity index (χ1n) is 11.0. The monoisotopic (exact) mass is 418 g/mol. The third kappa shape index (κ3) is 3.69. The van der Waals surface area contributed by atoms with E-state index in [1.807, 2.05) is 30.3 Å². The van der Waals surface area contributed by atoms with E-state index < -0.39 is 5.72 Å². The summed E-state index contributed by atoms with van der Waals surface area (Å²) in [6, 6.07) is 14.9. The molecule has 0 N–H and O–H groups in total. The van der Waals surface area contributed by atoms with Crippen LogP contribution in [0.15, 0.2) is 48.5 Å². The fourth-order valence-corrected chi connectivity index (χ4v) is 5.36. The van der Waals surface area contributed by atoms with Crippen molar-refractivity contribution in [3.05, 3.63) is 69.8 Å². The first-order chi connectivity index (χ1) is 15.2. The van der Waals surface area contributed by atoms with Crippen LogP contribution in [-0.2, 0) is 4.74 Å². The summed E-state index contributed by atoms with van der Waals surface area (Å²) >= 11 is 0. The average molecular weight is 418 g/mol. The molecule has 1 saturated carbocycles. The molecule has 0 spiro atoms. The molecule has 0 bridgehead atoms. The Bertz CT molecular complexity index is 1020. The Balaban J connectivity index is 1.63. The number of nitro groups is 1. The summed E-state index contributed by atoms with van der Waals surface area (Å²) in [5.74, 6) is 7.61. The number of hydrogen-bond acceptors (Lipinski definition) is 5. The van der Waals surface area contributed by atoms with Crippen LogP contribution >= 0.6 is 0 Å². The van der Waals surface area contributed by atoms with Gasteiger partial charge in [0, 0.05) is 48.7 Å². The van der Waals surface area contributed by atoms with Gasteiger partial charge in [0.15, 0.2) is 5.72 Å². The summed E-state index contributed by atoms with van der Waals surface area (Å²) in [4.78, 5) is 13.6. The number of hydrogen-bond donors (Lipinski definition) is 0. The molecular weight excluding hydrogens is 392 g/mol. The zero-order valence-corrected chi connectivity index (χ0v) is 17.5. The smallest absolute Gasteiger partial charge is 0.270 e. The molecule has 2 aromatic rings. The number of rotatable bonds is 2. The highest BCUT2D eigenvalue weighted by Gasteiger charge is 2.54. The van der Waals surface area contributed by atoms with Gasteiger partial charge in [0.25, 0.3) is 5.69 Å². The fraction of sp³-hybridized carbons (Fsp3) is 0.440. The van der Waals surface area contributed by atoms with Crippen molar-refractivity contribution in [2.45, 2.75) is 37.3 Å². The number of nitrogens with zero attached hydrogens (tertiary/aromatic N) is 2. The molecule has 31 heavy (non-hydrogen) atoms. The molecule has 0 amide bonds. The van der Waals surface area contributed by atoms with Crippen LogP contribution in [-0.4, -0.2) is 41.9 Å². The van der Waals surface area contributed by atoms with Gasteiger partial charge < -0.3 is 9.47 Å². The maximum Gasteiger partial charge on any atom is 0.270 e. The van der Waals surface area contributed by atoms with Crippen LogP contribution < -0.4 is 4.74 Å². The molecule has 2 aromatic carbocycles. The normalized spacial score (nSPS) is 27.7. The minimum atomic E-state index is -0.429. The molecule has 6 heteroatoms. The van der Waals surface area contributed by atoms with E-state index in [1.165, 1.54) is 6.07 Å².